The average Bonchev–Trinajstić information content (AvgIpc) is 2.66. The van der Waals surface area contributed by atoms with Gasteiger partial charge in [0, 0.05) is 21.9 Å². The quantitative estimate of drug-likeness (QED) is 0.735. The van der Waals surface area contributed by atoms with Crippen LogP contribution in [0.5, 0.6) is 0 Å². The summed E-state index contributed by atoms with van der Waals surface area (Å²) in [5.74, 6) is 0. The van der Waals surface area contributed by atoms with Crippen LogP contribution in [0.1, 0.15) is 29.0 Å². The third-order valence-corrected chi connectivity index (χ3v) is 6.19. The maximum atomic E-state index is 3.57. The Morgan fingerprint density at radius 1 is 1.28 bits per heavy atom. The molecule has 0 radical (unpaired) electrons. The van der Waals surface area contributed by atoms with Gasteiger partial charge in [0.05, 0.1) is 3.79 Å². The maximum absolute atomic E-state index is 3.57. The summed E-state index contributed by atoms with van der Waals surface area (Å²) in [6, 6.07) is 11.1. The highest BCUT2D eigenvalue weighted by Crippen LogP contribution is 2.32. The number of benzene rings is 1. The van der Waals surface area contributed by atoms with Crippen molar-refractivity contribution in [3.8, 4) is 0 Å². The molecule has 1 aromatic heterocycles. The number of hydrogen-bond acceptors (Lipinski definition) is 2. The lowest BCUT2D eigenvalue weighted by Crippen LogP contribution is -2.18. The molecule has 18 heavy (non-hydrogen) atoms. The molecule has 0 fully saturated rings. The Hall–Kier alpha value is -0.160. The van der Waals surface area contributed by atoms with E-state index in [-0.39, 0.29) is 0 Å². The van der Waals surface area contributed by atoms with Crippen molar-refractivity contribution in [3.63, 3.8) is 0 Å². The fourth-order valence-corrected chi connectivity index (χ4v) is 4.04. The number of aryl methyl sites for hydroxylation is 1. The Labute approximate surface area is 129 Å². The Morgan fingerprint density at radius 2 is 2.00 bits per heavy atom. The summed E-state index contributed by atoms with van der Waals surface area (Å²) in [6.07, 6.45) is 0. The van der Waals surface area contributed by atoms with Gasteiger partial charge in [-0.3, -0.25) is 0 Å². The number of nitrogens with one attached hydrogen (secondary N) is 1. The van der Waals surface area contributed by atoms with Gasteiger partial charge >= 0.3 is 0 Å². The fraction of sp³-hybridized carbons (Fsp3) is 0.286. The van der Waals surface area contributed by atoms with Crippen molar-refractivity contribution in [2.24, 2.45) is 0 Å². The summed E-state index contributed by atoms with van der Waals surface area (Å²) in [7, 11) is 0. The highest BCUT2D eigenvalue weighted by atomic mass is 79.9. The van der Waals surface area contributed by atoms with Crippen molar-refractivity contribution in [2.75, 3.05) is 0 Å². The standard InChI is InChI=1S/C14H15Br2NS/c1-9-5-3-4-6-12(9)10(2)17-8-11-7-13(15)14(16)18-11/h3-7,10,17H,8H2,1-2H3/t10-/m1/s1. The van der Waals surface area contributed by atoms with Crippen LogP contribution in [0.2, 0.25) is 0 Å². The Kier molecular flexibility index (Phi) is 5.01. The second kappa shape index (κ2) is 6.33. The molecule has 1 nitrogen and oxygen atoms in total. The molecule has 0 amide bonds. The second-order valence-electron chi connectivity index (χ2n) is 4.29. The van der Waals surface area contributed by atoms with E-state index < -0.39 is 0 Å². The minimum Gasteiger partial charge on any atom is -0.305 e. The van der Waals surface area contributed by atoms with Gasteiger partial charge in [-0.05, 0) is 62.9 Å². The molecule has 0 spiro atoms. The SMILES string of the molecule is Cc1ccccc1[C@@H](C)NCc1cc(Br)c(Br)s1. The molecule has 1 N–H and O–H groups in total. The van der Waals surface area contributed by atoms with Crippen LogP contribution in [-0.4, -0.2) is 0 Å². The first-order chi connectivity index (χ1) is 8.58. The lowest BCUT2D eigenvalue weighted by Gasteiger charge is -2.15. The number of thiophene rings is 1. The van der Waals surface area contributed by atoms with Crippen molar-refractivity contribution in [1.29, 1.82) is 0 Å². The molecule has 2 rings (SSSR count). The molecule has 2 aromatic rings. The first kappa shape index (κ1) is 14.3. The van der Waals surface area contributed by atoms with Crippen molar-refractivity contribution < 1.29 is 0 Å². The van der Waals surface area contributed by atoms with Gasteiger partial charge < -0.3 is 5.32 Å². The Bertz CT molecular complexity index is 517. The van der Waals surface area contributed by atoms with Gasteiger partial charge in [0.1, 0.15) is 0 Å². The summed E-state index contributed by atoms with van der Waals surface area (Å²) in [4.78, 5) is 1.33. The molecule has 96 valence electrons. The topological polar surface area (TPSA) is 12.0 Å². The van der Waals surface area contributed by atoms with Gasteiger partial charge in [-0.1, -0.05) is 24.3 Å². The van der Waals surface area contributed by atoms with Crippen LogP contribution in [-0.2, 0) is 6.54 Å². The van der Waals surface area contributed by atoms with E-state index in [0.717, 1.165) is 14.8 Å². The zero-order chi connectivity index (χ0) is 13.1. The molecule has 1 aromatic carbocycles. The van der Waals surface area contributed by atoms with Crippen molar-refractivity contribution in [2.45, 2.75) is 26.4 Å². The van der Waals surface area contributed by atoms with Gasteiger partial charge in [-0.25, -0.2) is 0 Å². The number of hydrogen-bond donors (Lipinski definition) is 1. The van der Waals surface area contributed by atoms with E-state index in [9.17, 15) is 0 Å². The highest BCUT2D eigenvalue weighted by Gasteiger charge is 2.09. The number of halogens is 2. The van der Waals surface area contributed by atoms with Crippen molar-refractivity contribution >= 4 is 43.2 Å². The molecule has 0 aliphatic rings. The zero-order valence-electron chi connectivity index (χ0n) is 10.3. The maximum Gasteiger partial charge on any atom is 0.0843 e. The lowest BCUT2D eigenvalue weighted by atomic mass is 10.0. The van der Waals surface area contributed by atoms with Gasteiger partial charge in [0.25, 0.3) is 0 Å². The van der Waals surface area contributed by atoms with E-state index >= 15 is 0 Å². The Morgan fingerprint density at radius 3 is 2.61 bits per heavy atom. The molecule has 0 saturated heterocycles. The average molecular weight is 389 g/mol. The minimum absolute atomic E-state index is 0.367. The predicted octanol–water partition coefficient (Wildman–Crippen LogP) is 5.43. The van der Waals surface area contributed by atoms with E-state index in [2.05, 4.69) is 81.4 Å². The van der Waals surface area contributed by atoms with Crippen LogP contribution in [0.15, 0.2) is 38.6 Å². The molecule has 0 bridgehead atoms. The first-order valence-corrected chi connectivity index (χ1v) is 8.21. The molecule has 0 aliphatic carbocycles. The van der Waals surface area contributed by atoms with Crippen molar-refractivity contribution in [1.82, 2.24) is 5.32 Å². The van der Waals surface area contributed by atoms with Crippen LogP contribution in [0.3, 0.4) is 0 Å². The van der Waals surface area contributed by atoms with Crippen LogP contribution >= 0.6 is 43.2 Å². The fourth-order valence-electron chi connectivity index (χ4n) is 1.91. The smallest absolute Gasteiger partial charge is 0.0843 e. The van der Waals surface area contributed by atoms with E-state index in [1.54, 1.807) is 11.3 Å². The van der Waals surface area contributed by atoms with E-state index in [1.165, 1.54) is 16.0 Å². The molecule has 1 atom stereocenters. The van der Waals surface area contributed by atoms with Crippen molar-refractivity contribution in [3.05, 3.63) is 54.6 Å². The van der Waals surface area contributed by atoms with Gasteiger partial charge in [0.2, 0.25) is 0 Å². The summed E-state index contributed by atoms with van der Waals surface area (Å²) in [6.45, 7) is 5.26. The third-order valence-electron chi connectivity index (χ3n) is 2.93. The summed E-state index contributed by atoms with van der Waals surface area (Å²) >= 11 is 8.80. The van der Waals surface area contributed by atoms with Gasteiger partial charge in [-0.2, -0.15) is 0 Å². The molecule has 0 saturated carbocycles. The van der Waals surface area contributed by atoms with Crippen LogP contribution in [0.25, 0.3) is 0 Å². The minimum atomic E-state index is 0.367. The number of rotatable bonds is 4. The van der Waals surface area contributed by atoms with Crippen LogP contribution in [0.4, 0.5) is 0 Å². The third kappa shape index (κ3) is 3.44. The largest absolute Gasteiger partial charge is 0.305 e. The zero-order valence-corrected chi connectivity index (χ0v) is 14.3. The van der Waals surface area contributed by atoms with Crippen LogP contribution < -0.4 is 5.32 Å². The van der Waals surface area contributed by atoms with E-state index in [4.69, 9.17) is 0 Å². The molecule has 0 unspecified atom stereocenters. The Balaban J connectivity index is 2.00. The highest BCUT2D eigenvalue weighted by molar-refractivity contribution is 9.13. The normalized spacial score (nSPS) is 12.7. The van der Waals surface area contributed by atoms with Gasteiger partial charge in [0.15, 0.2) is 0 Å². The summed E-state index contributed by atoms with van der Waals surface area (Å²) in [5, 5.41) is 3.57. The molecule has 4 heteroatoms. The van der Waals surface area contributed by atoms with E-state index in [1.807, 2.05) is 0 Å². The molecule has 0 aliphatic heterocycles. The summed E-state index contributed by atoms with van der Waals surface area (Å²) in [5.41, 5.74) is 2.71. The molecule has 1 heterocycles. The molecular formula is C14H15Br2NS. The molecular weight excluding hydrogens is 374 g/mol. The second-order valence-corrected chi connectivity index (χ2v) is 7.60. The lowest BCUT2D eigenvalue weighted by molar-refractivity contribution is 0.576. The predicted molar refractivity (Wildman–Crippen MR) is 86.2 cm³/mol. The van der Waals surface area contributed by atoms with E-state index in [0.29, 0.717) is 6.04 Å². The van der Waals surface area contributed by atoms with Gasteiger partial charge in [-0.15, -0.1) is 11.3 Å². The first-order valence-electron chi connectivity index (χ1n) is 5.80. The monoisotopic (exact) mass is 387 g/mol. The summed E-state index contributed by atoms with van der Waals surface area (Å²) < 4.78 is 2.29. The van der Waals surface area contributed by atoms with Crippen LogP contribution in [0, 0.1) is 6.92 Å².